The highest BCUT2D eigenvalue weighted by Gasteiger charge is 2.21. The van der Waals surface area contributed by atoms with Crippen LogP contribution in [0.2, 0.25) is 0 Å². The molecule has 0 bridgehead atoms. The summed E-state index contributed by atoms with van der Waals surface area (Å²) in [6.45, 7) is 3.82. The molecule has 1 aromatic heterocycles. The summed E-state index contributed by atoms with van der Waals surface area (Å²) < 4.78 is 32.6. The molecular weight excluding hydrogens is 402 g/mol. The van der Waals surface area contributed by atoms with E-state index < -0.39 is 10.0 Å². The summed E-state index contributed by atoms with van der Waals surface area (Å²) in [5, 5.41) is 5.81. The average molecular weight is 428 g/mol. The second-order valence-corrected chi connectivity index (χ2v) is 8.90. The molecule has 30 heavy (non-hydrogen) atoms. The van der Waals surface area contributed by atoms with Crippen LogP contribution in [0.5, 0.6) is 0 Å². The molecule has 1 unspecified atom stereocenters. The lowest BCUT2D eigenvalue weighted by Crippen LogP contribution is -2.30. The number of nitrogens with one attached hydrogen (secondary N) is 2. The number of carbonyl (C=O) groups excluding carboxylic acids is 1. The largest absolute Gasteiger partial charge is 0.465 e. The van der Waals surface area contributed by atoms with E-state index in [2.05, 4.69) is 10.6 Å². The van der Waals surface area contributed by atoms with E-state index in [1.165, 1.54) is 23.5 Å². The number of carbonyl (C=O) groups is 1. The van der Waals surface area contributed by atoms with E-state index in [4.69, 9.17) is 4.42 Å². The third-order valence-electron chi connectivity index (χ3n) is 4.65. The molecule has 3 aromatic rings. The summed E-state index contributed by atoms with van der Waals surface area (Å²) in [6, 6.07) is 18.6. The Morgan fingerprint density at radius 1 is 1.07 bits per heavy atom. The fraction of sp³-hybridized carbons (Fsp3) is 0.227. The van der Waals surface area contributed by atoms with Crippen molar-refractivity contribution in [2.45, 2.75) is 24.8 Å². The molecule has 0 fully saturated rings. The van der Waals surface area contributed by atoms with E-state index in [9.17, 15) is 13.2 Å². The smallest absolute Gasteiger partial charge is 0.264 e. The number of amides is 1. The predicted octanol–water partition coefficient (Wildman–Crippen LogP) is 3.70. The number of anilines is 2. The van der Waals surface area contributed by atoms with Crippen LogP contribution in [0, 0.1) is 6.92 Å². The van der Waals surface area contributed by atoms with E-state index in [-0.39, 0.29) is 23.4 Å². The summed E-state index contributed by atoms with van der Waals surface area (Å²) in [7, 11) is -2.26. The zero-order chi connectivity index (χ0) is 21.7. The molecular formula is C22H25N3O4S. The number of hydrogen-bond acceptors (Lipinski definition) is 5. The number of rotatable bonds is 8. The standard InChI is InChI=1S/C22H25N3O4S/c1-16-12-13-21(29-16)17(2)23-15-22(26)24-18-8-7-11-20(14-18)30(27,28)25(3)19-9-5-4-6-10-19/h4-14,17,23H,15H2,1-3H3,(H,24,26). The van der Waals surface area contributed by atoms with Gasteiger partial charge >= 0.3 is 0 Å². The van der Waals surface area contributed by atoms with Gasteiger partial charge in [-0.05, 0) is 56.3 Å². The van der Waals surface area contributed by atoms with E-state index in [1.807, 2.05) is 32.0 Å². The van der Waals surface area contributed by atoms with Crippen molar-refractivity contribution in [1.82, 2.24) is 5.32 Å². The SMILES string of the molecule is Cc1ccc(C(C)NCC(=O)Nc2cccc(S(=O)(=O)N(C)c3ccccc3)c2)o1. The second kappa shape index (κ2) is 9.15. The van der Waals surface area contributed by atoms with Gasteiger partial charge in [0.1, 0.15) is 11.5 Å². The highest BCUT2D eigenvalue weighted by molar-refractivity contribution is 7.92. The molecule has 1 atom stereocenters. The van der Waals surface area contributed by atoms with Gasteiger partial charge in [0.05, 0.1) is 23.2 Å². The molecule has 158 valence electrons. The lowest BCUT2D eigenvalue weighted by Gasteiger charge is -2.20. The fourth-order valence-electron chi connectivity index (χ4n) is 2.91. The summed E-state index contributed by atoms with van der Waals surface area (Å²) in [5.74, 6) is 1.27. The van der Waals surface area contributed by atoms with E-state index in [0.717, 1.165) is 11.5 Å². The van der Waals surface area contributed by atoms with Gasteiger partial charge in [-0.1, -0.05) is 24.3 Å². The Labute approximate surface area is 176 Å². The van der Waals surface area contributed by atoms with E-state index in [0.29, 0.717) is 11.4 Å². The number of sulfonamides is 1. The number of para-hydroxylation sites is 1. The molecule has 2 N–H and O–H groups in total. The van der Waals surface area contributed by atoms with Crippen LogP contribution >= 0.6 is 0 Å². The second-order valence-electron chi connectivity index (χ2n) is 6.94. The minimum absolute atomic E-state index is 0.0574. The van der Waals surface area contributed by atoms with Gasteiger partial charge < -0.3 is 9.73 Å². The van der Waals surface area contributed by atoms with Crippen LogP contribution < -0.4 is 14.9 Å². The van der Waals surface area contributed by atoms with Gasteiger partial charge in [-0.25, -0.2) is 8.42 Å². The van der Waals surface area contributed by atoms with Crippen LogP contribution in [-0.4, -0.2) is 27.9 Å². The Kier molecular flexibility index (Phi) is 6.59. The summed E-state index contributed by atoms with van der Waals surface area (Å²) in [6.07, 6.45) is 0. The number of hydrogen-bond donors (Lipinski definition) is 2. The van der Waals surface area contributed by atoms with Crippen LogP contribution in [0.25, 0.3) is 0 Å². The first-order valence-corrected chi connectivity index (χ1v) is 10.9. The van der Waals surface area contributed by atoms with Crippen molar-refractivity contribution in [1.29, 1.82) is 0 Å². The molecule has 2 aromatic carbocycles. The van der Waals surface area contributed by atoms with Crippen molar-refractivity contribution in [3.63, 3.8) is 0 Å². The highest BCUT2D eigenvalue weighted by atomic mass is 32.2. The predicted molar refractivity (Wildman–Crippen MR) is 117 cm³/mol. The maximum atomic E-state index is 12.9. The first kappa shape index (κ1) is 21.6. The molecule has 0 spiro atoms. The maximum absolute atomic E-state index is 12.9. The third kappa shape index (κ3) is 5.08. The Morgan fingerprint density at radius 2 is 1.80 bits per heavy atom. The number of furan rings is 1. The lowest BCUT2D eigenvalue weighted by atomic mass is 10.2. The first-order chi connectivity index (χ1) is 14.3. The first-order valence-electron chi connectivity index (χ1n) is 9.51. The minimum Gasteiger partial charge on any atom is -0.465 e. The summed E-state index contributed by atoms with van der Waals surface area (Å²) in [4.78, 5) is 12.4. The van der Waals surface area contributed by atoms with Crippen molar-refractivity contribution in [2.24, 2.45) is 0 Å². The monoisotopic (exact) mass is 427 g/mol. The highest BCUT2D eigenvalue weighted by Crippen LogP contribution is 2.23. The number of benzene rings is 2. The quantitative estimate of drug-likeness (QED) is 0.572. The Balaban J connectivity index is 1.65. The zero-order valence-electron chi connectivity index (χ0n) is 17.1. The van der Waals surface area contributed by atoms with E-state index in [1.54, 1.807) is 36.4 Å². The molecule has 0 saturated heterocycles. The topological polar surface area (TPSA) is 91.7 Å². The van der Waals surface area contributed by atoms with Gasteiger partial charge in [-0.3, -0.25) is 14.4 Å². The van der Waals surface area contributed by atoms with Crippen molar-refractivity contribution < 1.29 is 17.6 Å². The normalized spacial score (nSPS) is 12.4. The average Bonchev–Trinajstić information content (AvgIpc) is 3.18. The molecule has 0 aliphatic carbocycles. The van der Waals surface area contributed by atoms with Gasteiger partial charge in [0.25, 0.3) is 10.0 Å². The minimum atomic E-state index is -3.76. The molecule has 0 aliphatic heterocycles. The van der Waals surface area contributed by atoms with E-state index >= 15 is 0 Å². The van der Waals surface area contributed by atoms with Crippen LogP contribution in [0.4, 0.5) is 11.4 Å². The van der Waals surface area contributed by atoms with Gasteiger partial charge in [0, 0.05) is 12.7 Å². The molecule has 0 saturated carbocycles. The van der Waals surface area contributed by atoms with Crippen molar-refractivity contribution in [2.75, 3.05) is 23.2 Å². The lowest BCUT2D eigenvalue weighted by molar-refractivity contribution is -0.115. The van der Waals surface area contributed by atoms with Crippen LogP contribution in [0.3, 0.4) is 0 Å². The Morgan fingerprint density at radius 3 is 2.47 bits per heavy atom. The van der Waals surface area contributed by atoms with Gasteiger partial charge in [-0.15, -0.1) is 0 Å². The molecule has 7 nitrogen and oxygen atoms in total. The van der Waals surface area contributed by atoms with Crippen LogP contribution in [-0.2, 0) is 14.8 Å². The fourth-order valence-corrected chi connectivity index (χ4v) is 4.15. The number of nitrogens with zero attached hydrogens (tertiary/aromatic N) is 1. The van der Waals surface area contributed by atoms with Crippen molar-refractivity contribution in [3.8, 4) is 0 Å². The Bertz CT molecular complexity index is 1110. The third-order valence-corrected chi connectivity index (χ3v) is 6.43. The molecule has 0 aliphatic rings. The van der Waals surface area contributed by atoms with Gasteiger partial charge in [0.15, 0.2) is 0 Å². The van der Waals surface area contributed by atoms with Gasteiger partial charge in [-0.2, -0.15) is 0 Å². The summed E-state index contributed by atoms with van der Waals surface area (Å²) in [5.41, 5.74) is 0.962. The van der Waals surface area contributed by atoms with Gasteiger partial charge in [0.2, 0.25) is 5.91 Å². The molecule has 1 heterocycles. The molecule has 0 radical (unpaired) electrons. The van der Waals surface area contributed by atoms with Crippen molar-refractivity contribution >= 4 is 27.3 Å². The zero-order valence-corrected chi connectivity index (χ0v) is 17.9. The molecule has 8 heteroatoms. The van der Waals surface area contributed by atoms with Crippen LogP contribution in [0.1, 0.15) is 24.5 Å². The van der Waals surface area contributed by atoms with Crippen molar-refractivity contribution in [3.05, 3.63) is 78.3 Å². The molecule has 3 rings (SSSR count). The maximum Gasteiger partial charge on any atom is 0.264 e. The number of aryl methyl sites for hydroxylation is 1. The Hall–Kier alpha value is -3.10. The summed E-state index contributed by atoms with van der Waals surface area (Å²) >= 11 is 0. The van der Waals surface area contributed by atoms with Crippen LogP contribution in [0.15, 0.2) is 76.0 Å². The molecule has 1 amide bonds.